The number of aromatic hydroxyl groups is 1. The predicted molar refractivity (Wildman–Crippen MR) is 50.8 cm³/mol. The molecule has 0 saturated heterocycles. The molecular weight excluding hydrogens is 166 g/mol. The van der Waals surface area contributed by atoms with Gasteiger partial charge >= 0.3 is 0 Å². The quantitative estimate of drug-likeness (QED) is 0.649. The molecule has 13 heavy (non-hydrogen) atoms. The van der Waals surface area contributed by atoms with E-state index < -0.39 is 0 Å². The van der Waals surface area contributed by atoms with Gasteiger partial charge in [0.25, 0.3) is 0 Å². The van der Waals surface area contributed by atoms with Crippen molar-refractivity contribution in [2.24, 2.45) is 0 Å². The van der Waals surface area contributed by atoms with Crippen molar-refractivity contribution in [1.82, 2.24) is 4.98 Å². The lowest BCUT2D eigenvalue weighted by Crippen LogP contribution is -1.90. The summed E-state index contributed by atoms with van der Waals surface area (Å²) >= 11 is 0. The molecule has 0 aliphatic carbocycles. The number of benzene rings is 1. The molecule has 1 aromatic heterocycles. The first-order valence-electron chi connectivity index (χ1n) is 4.22. The van der Waals surface area contributed by atoms with E-state index >= 15 is 0 Å². The van der Waals surface area contributed by atoms with Crippen molar-refractivity contribution in [1.29, 1.82) is 0 Å². The standard InChI is InChI=1S/C10H11NO2/c12-6-5-9-7-3-1-2-4-8(7)10(13)11-9/h1-4,11-13H,5-6H2. The maximum absolute atomic E-state index is 9.48. The second-order valence-electron chi connectivity index (χ2n) is 2.97. The average molecular weight is 177 g/mol. The van der Waals surface area contributed by atoms with E-state index in [9.17, 15) is 5.11 Å². The molecule has 0 unspecified atom stereocenters. The molecule has 0 saturated carbocycles. The van der Waals surface area contributed by atoms with E-state index in [1.807, 2.05) is 24.3 Å². The molecular formula is C10H11NO2. The van der Waals surface area contributed by atoms with Gasteiger partial charge in [-0.25, -0.2) is 0 Å². The van der Waals surface area contributed by atoms with Crippen LogP contribution in [0.15, 0.2) is 24.3 Å². The van der Waals surface area contributed by atoms with E-state index in [1.165, 1.54) is 0 Å². The van der Waals surface area contributed by atoms with Crippen LogP contribution in [0.5, 0.6) is 5.88 Å². The first kappa shape index (κ1) is 8.13. The third-order valence-electron chi connectivity index (χ3n) is 2.14. The van der Waals surface area contributed by atoms with E-state index in [-0.39, 0.29) is 12.5 Å². The summed E-state index contributed by atoms with van der Waals surface area (Å²) < 4.78 is 0. The lowest BCUT2D eigenvalue weighted by atomic mass is 10.1. The maximum Gasteiger partial charge on any atom is 0.196 e. The number of hydrogen-bond donors (Lipinski definition) is 3. The van der Waals surface area contributed by atoms with Gasteiger partial charge in [-0.2, -0.15) is 0 Å². The number of fused-ring (bicyclic) bond motifs is 1. The first-order chi connectivity index (χ1) is 6.33. The Morgan fingerprint density at radius 3 is 2.54 bits per heavy atom. The van der Waals surface area contributed by atoms with Crippen molar-refractivity contribution in [2.45, 2.75) is 6.42 Å². The Labute approximate surface area is 75.6 Å². The van der Waals surface area contributed by atoms with Gasteiger partial charge in [0.15, 0.2) is 5.88 Å². The van der Waals surface area contributed by atoms with Crippen LogP contribution >= 0.6 is 0 Å². The molecule has 0 amide bonds. The minimum Gasteiger partial charge on any atom is -0.494 e. The Bertz CT molecular complexity index is 420. The number of H-pyrrole nitrogens is 1. The summed E-state index contributed by atoms with van der Waals surface area (Å²) in [7, 11) is 0. The number of aromatic nitrogens is 1. The molecule has 68 valence electrons. The molecule has 1 aromatic carbocycles. The lowest BCUT2D eigenvalue weighted by molar-refractivity contribution is 0.298. The fraction of sp³-hybridized carbons (Fsp3) is 0.200. The topological polar surface area (TPSA) is 56.2 Å². The highest BCUT2D eigenvalue weighted by atomic mass is 16.3. The van der Waals surface area contributed by atoms with E-state index in [0.29, 0.717) is 6.42 Å². The molecule has 1 heterocycles. The summed E-state index contributed by atoms with van der Waals surface area (Å²) in [4.78, 5) is 2.85. The summed E-state index contributed by atoms with van der Waals surface area (Å²) in [6, 6.07) is 7.56. The van der Waals surface area contributed by atoms with Crippen LogP contribution in [0, 0.1) is 0 Å². The minimum atomic E-state index is 0.0872. The smallest absolute Gasteiger partial charge is 0.196 e. The molecule has 0 aliphatic heterocycles. The van der Waals surface area contributed by atoms with Crippen molar-refractivity contribution >= 4 is 10.8 Å². The van der Waals surface area contributed by atoms with Gasteiger partial charge in [-0.3, -0.25) is 0 Å². The molecule has 0 fully saturated rings. The zero-order valence-electron chi connectivity index (χ0n) is 7.12. The van der Waals surface area contributed by atoms with E-state index in [4.69, 9.17) is 5.11 Å². The Morgan fingerprint density at radius 1 is 1.15 bits per heavy atom. The molecule has 3 N–H and O–H groups in total. The van der Waals surface area contributed by atoms with Gasteiger partial charge in [0.05, 0.1) is 0 Å². The van der Waals surface area contributed by atoms with Gasteiger partial charge < -0.3 is 15.2 Å². The zero-order chi connectivity index (χ0) is 9.26. The molecule has 0 atom stereocenters. The zero-order valence-corrected chi connectivity index (χ0v) is 7.12. The van der Waals surface area contributed by atoms with Crippen molar-refractivity contribution in [2.75, 3.05) is 6.61 Å². The van der Waals surface area contributed by atoms with Gasteiger partial charge in [-0.1, -0.05) is 18.2 Å². The van der Waals surface area contributed by atoms with Crippen molar-refractivity contribution < 1.29 is 10.2 Å². The van der Waals surface area contributed by atoms with Crippen molar-refractivity contribution in [3.63, 3.8) is 0 Å². The van der Waals surface area contributed by atoms with Crippen LogP contribution in [-0.2, 0) is 6.42 Å². The second kappa shape index (κ2) is 3.11. The molecule has 0 aliphatic rings. The monoisotopic (exact) mass is 177 g/mol. The highest BCUT2D eigenvalue weighted by Gasteiger charge is 2.06. The fourth-order valence-electron chi connectivity index (χ4n) is 1.54. The summed E-state index contributed by atoms with van der Waals surface area (Å²) in [6.07, 6.45) is 0.543. The predicted octanol–water partition coefficient (Wildman–Crippen LogP) is 1.41. The van der Waals surface area contributed by atoms with E-state index in [1.54, 1.807) is 0 Å². The molecule has 0 radical (unpaired) electrons. The van der Waals surface area contributed by atoms with Gasteiger partial charge in [0, 0.05) is 29.5 Å². The van der Waals surface area contributed by atoms with Crippen molar-refractivity contribution in [3.05, 3.63) is 30.0 Å². The molecule has 3 heteroatoms. The number of aromatic amines is 1. The summed E-state index contributed by atoms with van der Waals surface area (Å²) in [5, 5.41) is 20.1. The number of rotatable bonds is 2. The minimum absolute atomic E-state index is 0.0872. The molecule has 3 nitrogen and oxygen atoms in total. The SMILES string of the molecule is OCCc1[nH]c(O)c2ccccc12. The maximum atomic E-state index is 9.48. The van der Waals surface area contributed by atoms with Crippen LogP contribution in [0.3, 0.4) is 0 Å². The van der Waals surface area contributed by atoms with Gasteiger partial charge in [0.1, 0.15) is 0 Å². The van der Waals surface area contributed by atoms with Crippen molar-refractivity contribution in [3.8, 4) is 5.88 Å². The Kier molecular flexibility index (Phi) is 1.94. The van der Waals surface area contributed by atoms with Crippen LogP contribution in [-0.4, -0.2) is 21.8 Å². The summed E-state index contributed by atoms with van der Waals surface area (Å²) in [5.41, 5.74) is 0.885. The molecule has 2 aromatic rings. The second-order valence-corrected chi connectivity index (χ2v) is 2.97. The Hall–Kier alpha value is -1.48. The Morgan fingerprint density at radius 2 is 1.85 bits per heavy atom. The largest absolute Gasteiger partial charge is 0.494 e. The van der Waals surface area contributed by atoms with E-state index in [2.05, 4.69) is 4.98 Å². The van der Waals surface area contributed by atoms with Gasteiger partial charge in [-0.05, 0) is 6.07 Å². The number of aliphatic hydroxyl groups excluding tert-OH is 1. The highest BCUT2D eigenvalue weighted by molar-refractivity contribution is 5.90. The van der Waals surface area contributed by atoms with Gasteiger partial charge in [-0.15, -0.1) is 0 Å². The van der Waals surface area contributed by atoms with Crippen LogP contribution in [0.25, 0.3) is 10.8 Å². The number of aliphatic hydroxyl groups is 1. The number of nitrogens with one attached hydrogen (secondary N) is 1. The summed E-state index contributed by atoms with van der Waals surface area (Å²) in [5.74, 6) is 0.180. The normalized spacial score (nSPS) is 10.8. The van der Waals surface area contributed by atoms with Crippen LogP contribution in [0.4, 0.5) is 0 Å². The summed E-state index contributed by atoms with van der Waals surface area (Å²) in [6.45, 7) is 0.0872. The fourth-order valence-corrected chi connectivity index (χ4v) is 1.54. The van der Waals surface area contributed by atoms with Gasteiger partial charge in [0.2, 0.25) is 0 Å². The Balaban J connectivity index is 2.63. The van der Waals surface area contributed by atoms with Crippen LogP contribution in [0.2, 0.25) is 0 Å². The lowest BCUT2D eigenvalue weighted by Gasteiger charge is -1.93. The average Bonchev–Trinajstić information content (AvgIpc) is 2.46. The first-order valence-corrected chi connectivity index (χ1v) is 4.22. The molecule has 0 spiro atoms. The highest BCUT2D eigenvalue weighted by Crippen LogP contribution is 2.27. The van der Waals surface area contributed by atoms with Crippen LogP contribution in [0.1, 0.15) is 5.69 Å². The third kappa shape index (κ3) is 1.27. The van der Waals surface area contributed by atoms with Crippen LogP contribution < -0.4 is 0 Å². The number of hydrogen-bond acceptors (Lipinski definition) is 2. The molecule has 2 rings (SSSR count). The third-order valence-corrected chi connectivity index (χ3v) is 2.14. The molecule has 0 bridgehead atoms. The van der Waals surface area contributed by atoms with E-state index in [0.717, 1.165) is 16.5 Å².